The number of ether oxygens (including phenoxy) is 2. The average Bonchev–Trinajstić information content (AvgIpc) is 2.54. The van der Waals surface area contributed by atoms with Crippen molar-refractivity contribution in [3.63, 3.8) is 0 Å². The third-order valence-electron chi connectivity index (χ3n) is 3.03. The lowest BCUT2D eigenvalue weighted by molar-refractivity contribution is -0.0936. The van der Waals surface area contributed by atoms with Crippen molar-refractivity contribution in [3.8, 4) is 0 Å². The molecule has 2 aromatic rings. The molecule has 0 fully saturated rings. The Hall–Kier alpha value is -2.02. The first-order valence-corrected chi connectivity index (χ1v) is 6.95. The van der Waals surface area contributed by atoms with Crippen LogP contribution < -0.4 is 5.73 Å². The summed E-state index contributed by atoms with van der Waals surface area (Å²) in [5.74, 6) is 0. The molecule has 116 valence electrons. The minimum atomic E-state index is -0.384. The Morgan fingerprint density at radius 3 is 2.82 bits per heavy atom. The first kappa shape index (κ1) is 16.4. The van der Waals surface area contributed by atoms with Gasteiger partial charge in [-0.15, -0.1) is 0 Å². The third-order valence-corrected chi connectivity index (χ3v) is 3.24. The Balaban J connectivity index is 2.22. The summed E-state index contributed by atoms with van der Waals surface area (Å²) < 4.78 is 10.1. The van der Waals surface area contributed by atoms with Gasteiger partial charge in [0.05, 0.1) is 17.6 Å². The molecule has 7 heteroatoms. The highest BCUT2D eigenvalue weighted by Crippen LogP contribution is 2.18. The van der Waals surface area contributed by atoms with Crippen LogP contribution in [0.15, 0.2) is 35.6 Å². The van der Waals surface area contributed by atoms with Crippen LogP contribution in [0.1, 0.15) is 5.56 Å². The van der Waals surface area contributed by atoms with Gasteiger partial charge in [-0.1, -0.05) is 11.6 Å². The minimum Gasteiger partial charge on any atom is -0.404 e. The fourth-order valence-corrected chi connectivity index (χ4v) is 1.99. The maximum absolute atomic E-state index is 5.90. The molecule has 0 amide bonds. The number of pyridine rings is 2. The molecule has 0 aromatic carbocycles. The van der Waals surface area contributed by atoms with Gasteiger partial charge in [-0.2, -0.15) is 0 Å². The lowest BCUT2D eigenvalue weighted by Gasteiger charge is -2.09. The smallest absolute Gasteiger partial charge is 0.176 e. The van der Waals surface area contributed by atoms with Crippen molar-refractivity contribution in [2.75, 3.05) is 20.8 Å². The molecule has 2 heterocycles. The number of fused-ring (bicyclic) bond motifs is 1. The Morgan fingerprint density at radius 2 is 2.14 bits per heavy atom. The molecule has 2 N–H and O–H groups in total. The van der Waals surface area contributed by atoms with E-state index in [4.69, 9.17) is 26.8 Å². The predicted octanol–water partition coefficient (Wildman–Crippen LogP) is 2.27. The van der Waals surface area contributed by atoms with Gasteiger partial charge in [-0.05, 0) is 18.2 Å². The van der Waals surface area contributed by atoms with E-state index in [1.54, 1.807) is 32.7 Å². The standard InChI is InChI=1S/C15H17ClN4O2/c1-21-15(22-2)9-18-7-11(6-17)10-5-13-12(19-8-10)3-4-14(16)20-13/h3-8,15H,9,17H2,1-2H3. The Kier molecular flexibility index (Phi) is 5.83. The Morgan fingerprint density at radius 1 is 1.36 bits per heavy atom. The molecule has 22 heavy (non-hydrogen) atoms. The van der Waals surface area contributed by atoms with E-state index in [2.05, 4.69) is 15.0 Å². The van der Waals surface area contributed by atoms with Crippen molar-refractivity contribution in [2.24, 2.45) is 10.7 Å². The Bertz CT molecular complexity index is 699. The van der Waals surface area contributed by atoms with Gasteiger partial charge >= 0.3 is 0 Å². The highest BCUT2D eigenvalue weighted by molar-refractivity contribution is 6.29. The molecule has 0 atom stereocenters. The molecule has 0 bridgehead atoms. The molecule has 0 saturated heterocycles. The number of halogens is 1. The van der Waals surface area contributed by atoms with Crippen molar-refractivity contribution in [2.45, 2.75) is 6.29 Å². The van der Waals surface area contributed by atoms with Crippen LogP contribution in [0.5, 0.6) is 0 Å². The van der Waals surface area contributed by atoms with E-state index in [1.807, 2.05) is 12.1 Å². The SMILES string of the molecule is COC(CN=CC(=CN)c1cnc2ccc(Cl)nc2c1)OC. The van der Waals surface area contributed by atoms with Gasteiger partial charge in [-0.3, -0.25) is 9.98 Å². The summed E-state index contributed by atoms with van der Waals surface area (Å²) in [7, 11) is 3.12. The topological polar surface area (TPSA) is 82.6 Å². The quantitative estimate of drug-likeness (QED) is 0.501. The fourth-order valence-electron chi connectivity index (χ4n) is 1.84. The van der Waals surface area contributed by atoms with Gasteiger partial charge in [0.1, 0.15) is 5.15 Å². The van der Waals surface area contributed by atoms with E-state index in [1.165, 1.54) is 6.20 Å². The van der Waals surface area contributed by atoms with Gasteiger partial charge in [0.15, 0.2) is 6.29 Å². The zero-order valence-electron chi connectivity index (χ0n) is 12.4. The van der Waals surface area contributed by atoms with E-state index >= 15 is 0 Å². The molecule has 2 aromatic heterocycles. The highest BCUT2D eigenvalue weighted by atomic mass is 35.5. The third kappa shape index (κ3) is 4.00. The van der Waals surface area contributed by atoms with Gasteiger partial charge < -0.3 is 15.2 Å². The van der Waals surface area contributed by atoms with Crippen LogP contribution in [-0.2, 0) is 9.47 Å². The zero-order chi connectivity index (χ0) is 15.9. The van der Waals surface area contributed by atoms with E-state index in [9.17, 15) is 0 Å². The van der Waals surface area contributed by atoms with Crippen LogP contribution >= 0.6 is 11.6 Å². The molecular weight excluding hydrogens is 304 g/mol. The first-order valence-electron chi connectivity index (χ1n) is 6.58. The minimum absolute atomic E-state index is 0.370. The molecule has 0 radical (unpaired) electrons. The van der Waals surface area contributed by atoms with Gasteiger partial charge in [-0.25, -0.2) is 4.98 Å². The molecule has 0 aliphatic heterocycles. The second-order valence-electron chi connectivity index (χ2n) is 4.41. The van der Waals surface area contributed by atoms with Crippen LogP contribution in [0, 0.1) is 0 Å². The monoisotopic (exact) mass is 320 g/mol. The predicted molar refractivity (Wildman–Crippen MR) is 87.9 cm³/mol. The number of methoxy groups -OCH3 is 2. The van der Waals surface area contributed by atoms with Gasteiger partial charge in [0, 0.05) is 44.0 Å². The molecule has 2 rings (SSSR count). The van der Waals surface area contributed by atoms with Crippen molar-refractivity contribution < 1.29 is 9.47 Å². The number of nitrogens with zero attached hydrogens (tertiary/aromatic N) is 3. The maximum atomic E-state index is 5.90. The molecule has 6 nitrogen and oxygen atoms in total. The number of hydrogen-bond acceptors (Lipinski definition) is 6. The highest BCUT2D eigenvalue weighted by Gasteiger charge is 2.05. The van der Waals surface area contributed by atoms with Crippen molar-refractivity contribution in [1.82, 2.24) is 9.97 Å². The lowest BCUT2D eigenvalue weighted by atomic mass is 10.1. The van der Waals surface area contributed by atoms with Crippen LogP contribution in [0.25, 0.3) is 16.6 Å². The first-order chi connectivity index (χ1) is 10.7. The number of nitrogens with two attached hydrogens (primary N) is 1. The van der Waals surface area contributed by atoms with E-state index in [0.717, 1.165) is 16.7 Å². The summed E-state index contributed by atoms with van der Waals surface area (Å²) in [5.41, 5.74) is 8.66. The zero-order valence-corrected chi connectivity index (χ0v) is 13.1. The van der Waals surface area contributed by atoms with Crippen LogP contribution in [0.3, 0.4) is 0 Å². The van der Waals surface area contributed by atoms with Crippen molar-refractivity contribution in [1.29, 1.82) is 0 Å². The summed E-state index contributed by atoms with van der Waals surface area (Å²) in [5, 5.41) is 0.418. The lowest BCUT2D eigenvalue weighted by Crippen LogP contribution is -2.16. The molecule has 0 spiro atoms. The van der Waals surface area contributed by atoms with Crippen LogP contribution in [0.4, 0.5) is 0 Å². The fraction of sp³-hybridized carbons (Fsp3) is 0.267. The number of aromatic nitrogens is 2. The maximum Gasteiger partial charge on any atom is 0.176 e. The summed E-state index contributed by atoms with van der Waals surface area (Å²) in [6.45, 7) is 0.370. The summed E-state index contributed by atoms with van der Waals surface area (Å²) in [4.78, 5) is 12.8. The van der Waals surface area contributed by atoms with Crippen molar-refractivity contribution in [3.05, 3.63) is 41.3 Å². The average molecular weight is 321 g/mol. The Labute approximate surface area is 133 Å². The van der Waals surface area contributed by atoms with Crippen LogP contribution in [0.2, 0.25) is 5.15 Å². The van der Waals surface area contributed by atoms with E-state index in [0.29, 0.717) is 17.2 Å². The normalized spacial score (nSPS) is 12.6. The second kappa shape index (κ2) is 7.84. The van der Waals surface area contributed by atoms with Gasteiger partial charge in [0.25, 0.3) is 0 Å². The summed E-state index contributed by atoms with van der Waals surface area (Å²) in [6, 6.07) is 5.38. The number of allylic oxidation sites excluding steroid dienone is 1. The largest absolute Gasteiger partial charge is 0.404 e. The van der Waals surface area contributed by atoms with Crippen molar-refractivity contribution >= 4 is 34.4 Å². The van der Waals surface area contributed by atoms with E-state index < -0.39 is 0 Å². The number of hydrogen-bond donors (Lipinski definition) is 1. The molecule has 0 aliphatic rings. The number of rotatable bonds is 6. The second-order valence-corrected chi connectivity index (χ2v) is 4.80. The summed E-state index contributed by atoms with van der Waals surface area (Å²) >= 11 is 5.90. The van der Waals surface area contributed by atoms with E-state index in [-0.39, 0.29) is 6.29 Å². The molecule has 0 aliphatic carbocycles. The van der Waals surface area contributed by atoms with Crippen LogP contribution in [-0.4, -0.2) is 43.2 Å². The summed E-state index contributed by atoms with van der Waals surface area (Å²) in [6.07, 6.45) is 4.45. The molecular formula is C15H17ClN4O2. The molecule has 0 unspecified atom stereocenters. The number of aliphatic imine (C=N–C) groups is 1. The van der Waals surface area contributed by atoms with Gasteiger partial charge in [0.2, 0.25) is 0 Å². The molecule has 0 saturated carbocycles.